The van der Waals surface area contributed by atoms with Gasteiger partial charge in [0.2, 0.25) is 0 Å². The summed E-state index contributed by atoms with van der Waals surface area (Å²) in [5.74, 6) is 4.21. The average molecular weight is 397 g/mol. The second-order valence-corrected chi connectivity index (χ2v) is 10.8. The molecule has 5 rings (SSSR count). The maximum absolute atomic E-state index is 5.53. The van der Waals surface area contributed by atoms with Gasteiger partial charge in [-0.15, -0.1) is 0 Å². The Bertz CT molecular complexity index is 660. The van der Waals surface area contributed by atoms with Gasteiger partial charge in [-0.1, -0.05) is 77.0 Å². The van der Waals surface area contributed by atoms with Crippen LogP contribution in [0.5, 0.6) is 0 Å². The molecule has 1 aromatic rings. The molecule has 2 fully saturated rings. The van der Waals surface area contributed by atoms with Crippen LogP contribution >= 0.6 is 0 Å². The van der Waals surface area contributed by atoms with Crippen molar-refractivity contribution in [2.45, 2.75) is 140 Å². The average Bonchev–Trinajstić information content (AvgIpc) is 3.13. The highest BCUT2D eigenvalue weighted by molar-refractivity contribution is 5.25. The van der Waals surface area contributed by atoms with Crippen molar-refractivity contribution in [3.63, 3.8) is 0 Å². The Labute approximate surface area is 179 Å². The number of hydrogen-bond donors (Lipinski definition) is 0. The summed E-state index contributed by atoms with van der Waals surface area (Å²) in [5, 5.41) is 0. The first-order chi connectivity index (χ1) is 14.4. The van der Waals surface area contributed by atoms with Crippen molar-refractivity contribution in [1.82, 2.24) is 9.55 Å². The van der Waals surface area contributed by atoms with Crippen molar-refractivity contribution in [3.8, 4) is 0 Å². The topological polar surface area (TPSA) is 17.8 Å². The number of hydrogen-bond acceptors (Lipinski definition) is 1. The van der Waals surface area contributed by atoms with Crippen LogP contribution in [-0.4, -0.2) is 9.55 Å². The van der Waals surface area contributed by atoms with Gasteiger partial charge >= 0.3 is 0 Å². The van der Waals surface area contributed by atoms with E-state index >= 15 is 0 Å². The summed E-state index contributed by atoms with van der Waals surface area (Å²) >= 11 is 0. The van der Waals surface area contributed by atoms with Crippen molar-refractivity contribution in [3.05, 3.63) is 17.2 Å². The molecule has 2 saturated carbocycles. The zero-order chi connectivity index (χ0) is 19.5. The molecule has 0 radical (unpaired) electrons. The van der Waals surface area contributed by atoms with Crippen LogP contribution in [0.4, 0.5) is 0 Å². The Morgan fingerprint density at radius 3 is 1.93 bits per heavy atom. The van der Waals surface area contributed by atoms with Gasteiger partial charge in [-0.2, -0.15) is 0 Å². The molecule has 0 amide bonds. The van der Waals surface area contributed by atoms with Crippen LogP contribution < -0.4 is 0 Å². The van der Waals surface area contributed by atoms with Crippen molar-refractivity contribution in [1.29, 1.82) is 0 Å². The van der Waals surface area contributed by atoms with Crippen LogP contribution in [0.15, 0.2) is 0 Å². The zero-order valence-electron chi connectivity index (χ0n) is 18.8. The van der Waals surface area contributed by atoms with Crippen LogP contribution in [0.1, 0.15) is 145 Å². The molecule has 2 nitrogen and oxygen atoms in total. The Hall–Kier alpha value is -0.790. The fraction of sp³-hybridized carbons (Fsp3) is 0.889. The molecule has 4 aliphatic rings. The fourth-order valence-corrected chi connectivity index (χ4v) is 7.58. The minimum atomic E-state index is 0.768. The monoisotopic (exact) mass is 396 g/mol. The smallest absolute Gasteiger partial charge is 0.112 e. The molecule has 2 heteroatoms. The zero-order valence-corrected chi connectivity index (χ0v) is 18.8. The lowest BCUT2D eigenvalue weighted by Gasteiger charge is -2.46. The van der Waals surface area contributed by atoms with Gasteiger partial charge < -0.3 is 4.57 Å². The molecule has 4 unspecified atom stereocenters. The predicted molar refractivity (Wildman–Crippen MR) is 121 cm³/mol. The summed E-state index contributed by atoms with van der Waals surface area (Å²) < 4.78 is 2.93. The van der Waals surface area contributed by atoms with Gasteiger partial charge in [-0.05, 0) is 63.2 Å². The Morgan fingerprint density at radius 1 is 0.552 bits per heavy atom. The predicted octanol–water partition coefficient (Wildman–Crippen LogP) is 7.90. The van der Waals surface area contributed by atoms with E-state index in [0.717, 1.165) is 23.8 Å². The number of rotatable bonds is 0. The molecular formula is C27H44N2. The summed E-state index contributed by atoms with van der Waals surface area (Å²) in [6.07, 6.45) is 28.6. The number of aryl methyl sites for hydroxylation is 1. The lowest BCUT2D eigenvalue weighted by Crippen LogP contribution is -2.39. The molecule has 0 bridgehead atoms. The number of imidazole rings is 1. The highest BCUT2D eigenvalue weighted by Crippen LogP contribution is 2.52. The van der Waals surface area contributed by atoms with E-state index in [4.69, 9.17) is 4.98 Å². The van der Waals surface area contributed by atoms with Crippen LogP contribution in [-0.2, 0) is 12.8 Å². The van der Waals surface area contributed by atoms with Gasteiger partial charge in [0.25, 0.3) is 0 Å². The minimum absolute atomic E-state index is 0.768. The molecule has 1 aromatic heterocycles. The van der Waals surface area contributed by atoms with E-state index in [2.05, 4.69) is 4.57 Å². The first-order valence-corrected chi connectivity index (χ1v) is 13.5. The van der Waals surface area contributed by atoms with E-state index in [1.165, 1.54) is 134 Å². The summed E-state index contributed by atoms with van der Waals surface area (Å²) in [6, 6.07) is 0.782. The summed E-state index contributed by atoms with van der Waals surface area (Å²) in [4.78, 5) is 5.53. The highest BCUT2D eigenvalue weighted by Gasteiger charge is 2.44. The van der Waals surface area contributed by atoms with Gasteiger partial charge in [-0.25, -0.2) is 4.98 Å². The number of nitrogens with zero attached hydrogens (tertiary/aromatic N) is 2. The SMILES string of the molecule is C1CCCc2nc3n(c2CCC1)C1CCCCCCC1C1CCCCCCCC31. The molecular weight excluding hydrogens is 352 g/mol. The van der Waals surface area contributed by atoms with E-state index < -0.39 is 0 Å². The van der Waals surface area contributed by atoms with Crippen LogP contribution in [0.25, 0.3) is 0 Å². The van der Waals surface area contributed by atoms with E-state index in [9.17, 15) is 0 Å². The molecule has 0 aromatic carbocycles. The van der Waals surface area contributed by atoms with Gasteiger partial charge in [-0.3, -0.25) is 0 Å². The second kappa shape index (κ2) is 9.56. The first kappa shape index (κ1) is 20.1. The van der Waals surface area contributed by atoms with Gasteiger partial charge in [0, 0.05) is 17.7 Å². The van der Waals surface area contributed by atoms with E-state index in [1.807, 2.05) is 0 Å². The van der Waals surface area contributed by atoms with Gasteiger partial charge in [0.05, 0.1) is 5.69 Å². The molecule has 2 heterocycles. The van der Waals surface area contributed by atoms with E-state index in [1.54, 1.807) is 11.5 Å². The minimum Gasteiger partial charge on any atom is -0.328 e. The molecule has 0 saturated heterocycles. The van der Waals surface area contributed by atoms with E-state index in [0.29, 0.717) is 0 Å². The Morgan fingerprint density at radius 2 is 1.14 bits per heavy atom. The maximum Gasteiger partial charge on any atom is 0.112 e. The van der Waals surface area contributed by atoms with Crippen LogP contribution in [0, 0.1) is 11.8 Å². The van der Waals surface area contributed by atoms with Crippen molar-refractivity contribution < 1.29 is 0 Å². The van der Waals surface area contributed by atoms with Gasteiger partial charge in [0.1, 0.15) is 5.82 Å². The fourth-order valence-electron chi connectivity index (χ4n) is 7.58. The quantitative estimate of drug-likeness (QED) is 0.436. The third-order valence-electron chi connectivity index (χ3n) is 9.01. The normalized spacial score (nSPS) is 34.2. The Kier molecular flexibility index (Phi) is 6.64. The summed E-state index contributed by atoms with van der Waals surface area (Å²) in [5.41, 5.74) is 3.24. The molecule has 4 atom stereocenters. The van der Waals surface area contributed by atoms with Crippen molar-refractivity contribution in [2.24, 2.45) is 11.8 Å². The molecule has 0 N–H and O–H groups in total. The highest BCUT2D eigenvalue weighted by atomic mass is 15.1. The Balaban J connectivity index is 1.58. The number of fused-ring (bicyclic) bond motifs is 8. The first-order valence-electron chi connectivity index (χ1n) is 13.5. The molecule has 1 aliphatic heterocycles. The summed E-state index contributed by atoms with van der Waals surface area (Å²) in [6.45, 7) is 0. The number of aromatic nitrogens is 2. The lowest BCUT2D eigenvalue weighted by atomic mass is 9.67. The van der Waals surface area contributed by atoms with Crippen LogP contribution in [0.3, 0.4) is 0 Å². The van der Waals surface area contributed by atoms with Crippen molar-refractivity contribution >= 4 is 0 Å². The van der Waals surface area contributed by atoms with E-state index in [-0.39, 0.29) is 0 Å². The van der Waals surface area contributed by atoms with Gasteiger partial charge in [0.15, 0.2) is 0 Å². The third kappa shape index (κ3) is 4.19. The molecule has 3 aliphatic carbocycles. The van der Waals surface area contributed by atoms with Crippen molar-refractivity contribution in [2.75, 3.05) is 0 Å². The standard InChI is InChI=1S/C27H44N2/c1-3-9-15-21-22-16-10-7-8-13-19-25(22)29-26-20-14-6-2-5-12-18-24(26)28-27(29)23(21)17-11-4-1/h21-23,25H,1-20H2. The lowest BCUT2D eigenvalue weighted by molar-refractivity contribution is 0.107. The molecule has 29 heavy (non-hydrogen) atoms. The third-order valence-corrected chi connectivity index (χ3v) is 9.01. The maximum atomic E-state index is 5.53. The molecule has 0 spiro atoms. The largest absolute Gasteiger partial charge is 0.328 e. The van der Waals surface area contributed by atoms with Crippen LogP contribution in [0.2, 0.25) is 0 Å². The molecule has 162 valence electrons. The second-order valence-electron chi connectivity index (χ2n) is 10.8. The summed E-state index contributed by atoms with van der Waals surface area (Å²) in [7, 11) is 0.